The molecular weight excluding hydrogens is 253 g/mol. The average Bonchev–Trinajstić information content (AvgIpc) is 2.24. The van der Waals surface area contributed by atoms with Crippen LogP contribution in [0.3, 0.4) is 0 Å². The molecule has 0 aromatic heterocycles. The fourth-order valence-corrected chi connectivity index (χ4v) is 1.22. The lowest BCUT2D eigenvalue weighted by atomic mass is 10.1. The molecular formula is C11H11F3O4. The molecule has 0 aliphatic heterocycles. The predicted molar refractivity (Wildman–Crippen MR) is 55.6 cm³/mol. The molecule has 0 fully saturated rings. The van der Waals surface area contributed by atoms with E-state index < -0.39 is 35.1 Å². The summed E-state index contributed by atoms with van der Waals surface area (Å²) in [7, 11) is 0. The van der Waals surface area contributed by atoms with Gasteiger partial charge in [0.2, 0.25) is 0 Å². The van der Waals surface area contributed by atoms with E-state index >= 15 is 0 Å². The second-order valence-corrected chi connectivity index (χ2v) is 3.67. The summed E-state index contributed by atoms with van der Waals surface area (Å²) in [6.07, 6.45) is -5.65. The largest absolute Gasteiger partial charge is 0.490 e. The molecule has 0 radical (unpaired) electrons. The standard InChI is InChI=1S/C11H11F3O4/c1-6(15)5-18-9-3-2-7(10(16)17)4-8(9)11(12,13)14/h2-4,6,15H,5H2,1H3,(H,16,17). The van der Waals surface area contributed by atoms with Crippen molar-refractivity contribution < 1.29 is 32.9 Å². The van der Waals surface area contributed by atoms with Gasteiger partial charge in [-0.1, -0.05) is 0 Å². The van der Waals surface area contributed by atoms with E-state index in [1.165, 1.54) is 6.92 Å². The van der Waals surface area contributed by atoms with E-state index in [0.717, 1.165) is 12.1 Å². The summed E-state index contributed by atoms with van der Waals surface area (Å²) in [5.74, 6) is -1.96. The summed E-state index contributed by atoms with van der Waals surface area (Å²) in [6.45, 7) is 1.05. The smallest absolute Gasteiger partial charge is 0.419 e. The Kier molecular flexibility index (Phi) is 4.18. The molecule has 0 amide bonds. The van der Waals surface area contributed by atoms with Gasteiger partial charge in [0, 0.05) is 0 Å². The summed E-state index contributed by atoms with van der Waals surface area (Å²) in [5, 5.41) is 17.6. The molecule has 1 unspecified atom stereocenters. The molecule has 1 aromatic carbocycles. The van der Waals surface area contributed by atoms with Crippen LogP contribution in [-0.4, -0.2) is 28.9 Å². The van der Waals surface area contributed by atoms with Gasteiger partial charge in [-0.2, -0.15) is 13.2 Å². The Bertz CT molecular complexity index is 440. The second-order valence-electron chi connectivity index (χ2n) is 3.67. The van der Waals surface area contributed by atoms with Crippen molar-refractivity contribution in [3.63, 3.8) is 0 Å². The third kappa shape index (κ3) is 3.63. The van der Waals surface area contributed by atoms with Crippen molar-refractivity contribution in [1.82, 2.24) is 0 Å². The molecule has 7 heteroatoms. The summed E-state index contributed by atoms with van der Waals surface area (Å²) in [6, 6.07) is 2.43. The topological polar surface area (TPSA) is 66.8 Å². The van der Waals surface area contributed by atoms with Gasteiger partial charge < -0.3 is 14.9 Å². The molecule has 2 N–H and O–H groups in total. The highest BCUT2D eigenvalue weighted by Gasteiger charge is 2.35. The van der Waals surface area contributed by atoms with Gasteiger partial charge in [-0.15, -0.1) is 0 Å². The monoisotopic (exact) mass is 264 g/mol. The van der Waals surface area contributed by atoms with Gasteiger partial charge in [-0.05, 0) is 25.1 Å². The predicted octanol–water partition coefficient (Wildman–Crippen LogP) is 2.16. The molecule has 0 saturated carbocycles. The second kappa shape index (κ2) is 5.26. The minimum absolute atomic E-state index is 0.310. The fraction of sp³-hybridized carbons (Fsp3) is 0.364. The summed E-state index contributed by atoms with van der Waals surface area (Å²) < 4.78 is 42.8. The van der Waals surface area contributed by atoms with Gasteiger partial charge in [-0.25, -0.2) is 4.79 Å². The molecule has 0 heterocycles. The van der Waals surface area contributed by atoms with Crippen molar-refractivity contribution in [2.45, 2.75) is 19.2 Å². The first-order chi connectivity index (χ1) is 8.21. The zero-order valence-corrected chi connectivity index (χ0v) is 9.36. The average molecular weight is 264 g/mol. The first-order valence-electron chi connectivity index (χ1n) is 4.97. The molecule has 1 rings (SSSR count). The fourth-order valence-electron chi connectivity index (χ4n) is 1.22. The molecule has 100 valence electrons. The molecule has 0 bridgehead atoms. The lowest BCUT2D eigenvalue weighted by molar-refractivity contribution is -0.139. The zero-order chi connectivity index (χ0) is 13.9. The number of benzene rings is 1. The summed E-state index contributed by atoms with van der Waals surface area (Å²) >= 11 is 0. The van der Waals surface area contributed by atoms with Gasteiger partial charge in [0.1, 0.15) is 12.4 Å². The van der Waals surface area contributed by atoms with Crippen LogP contribution in [0.4, 0.5) is 13.2 Å². The Balaban J connectivity index is 3.13. The number of aliphatic hydroxyl groups excluding tert-OH is 1. The van der Waals surface area contributed by atoms with E-state index in [1.807, 2.05) is 0 Å². The number of carboxylic acid groups (broad SMARTS) is 1. The highest BCUT2D eigenvalue weighted by atomic mass is 19.4. The van der Waals surface area contributed by atoms with E-state index in [1.54, 1.807) is 0 Å². The van der Waals surface area contributed by atoms with E-state index in [0.29, 0.717) is 6.07 Å². The third-order valence-electron chi connectivity index (χ3n) is 2.01. The van der Waals surface area contributed by atoms with E-state index in [9.17, 15) is 18.0 Å². The van der Waals surface area contributed by atoms with E-state index in [4.69, 9.17) is 14.9 Å². The molecule has 0 aliphatic carbocycles. The number of rotatable bonds is 4. The molecule has 0 aliphatic rings. The maximum atomic E-state index is 12.7. The lowest BCUT2D eigenvalue weighted by Gasteiger charge is -2.15. The van der Waals surface area contributed by atoms with Gasteiger partial charge in [0.05, 0.1) is 17.2 Å². The zero-order valence-electron chi connectivity index (χ0n) is 9.36. The Morgan fingerprint density at radius 3 is 2.50 bits per heavy atom. The Morgan fingerprint density at radius 1 is 1.44 bits per heavy atom. The van der Waals surface area contributed by atoms with Crippen LogP contribution >= 0.6 is 0 Å². The SMILES string of the molecule is CC(O)COc1ccc(C(=O)O)cc1C(F)(F)F. The number of aromatic carboxylic acids is 1. The van der Waals surface area contributed by atoms with Gasteiger partial charge in [-0.3, -0.25) is 0 Å². The highest BCUT2D eigenvalue weighted by molar-refractivity contribution is 5.88. The number of carbonyl (C=O) groups is 1. The molecule has 0 spiro atoms. The van der Waals surface area contributed by atoms with E-state index in [-0.39, 0.29) is 6.61 Å². The van der Waals surface area contributed by atoms with Crippen molar-refractivity contribution >= 4 is 5.97 Å². The van der Waals surface area contributed by atoms with Crippen LogP contribution in [0.25, 0.3) is 0 Å². The number of carboxylic acids is 1. The maximum Gasteiger partial charge on any atom is 0.419 e. The molecule has 0 saturated heterocycles. The van der Waals surface area contributed by atoms with Crippen LogP contribution in [0.15, 0.2) is 18.2 Å². The Labute approximate surface area is 101 Å². The minimum atomic E-state index is -4.72. The van der Waals surface area contributed by atoms with Crippen molar-refractivity contribution in [3.8, 4) is 5.75 Å². The number of hydrogen-bond acceptors (Lipinski definition) is 3. The molecule has 4 nitrogen and oxygen atoms in total. The van der Waals surface area contributed by atoms with Crippen molar-refractivity contribution in [1.29, 1.82) is 0 Å². The van der Waals surface area contributed by atoms with Gasteiger partial charge >= 0.3 is 12.1 Å². The van der Waals surface area contributed by atoms with Crippen LogP contribution in [0.2, 0.25) is 0 Å². The van der Waals surface area contributed by atoms with Crippen LogP contribution in [0.1, 0.15) is 22.8 Å². The number of hydrogen-bond donors (Lipinski definition) is 2. The van der Waals surface area contributed by atoms with Crippen LogP contribution < -0.4 is 4.74 Å². The molecule has 18 heavy (non-hydrogen) atoms. The van der Waals surface area contributed by atoms with Crippen molar-refractivity contribution in [3.05, 3.63) is 29.3 Å². The van der Waals surface area contributed by atoms with Crippen LogP contribution in [0.5, 0.6) is 5.75 Å². The first-order valence-corrected chi connectivity index (χ1v) is 4.97. The Morgan fingerprint density at radius 2 is 2.06 bits per heavy atom. The lowest BCUT2D eigenvalue weighted by Crippen LogP contribution is -2.16. The number of halogens is 3. The number of alkyl halides is 3. The normalized spacial score (nSPS) is 13.2. The van der Waals surface area contributed by atoms with Crippen molar-refractivity contribution in [2.24, 2.45) is 0 Å². The molecule has 1 aromatic rings. The number of aliphatic hydroxyl groups is 1. The van der Waals surface area contributed by atoms with Crippen LogP contribution in [0, 0.1) is 0 Å². The Hall–Kier alpha value is -1.76. The maximum absolute atomic E-state index is 12.7. The van der Waals surface area contributed by atoms with Gasteiger partial charge in [0.25, 0.3) is 0 Å². The van der Waals surface area contributed by atoms with E-state index in [2.05, 4.69) is 0 Å². The number of ether oxygens (including phenoxy) is 1. The summed E-state index contributed by atoms with van der Waals surface area (Å²) in [5.41, 5.74) is -1.66. The molecule has 1 atom stereocenters. The minimum Gasteiger partial charge on any atom is -0.490 e. The van der Waals surface area contributed by atoms with Crippen LogP contribution in [-0.2, 0) is 6.18 Å². The summed E-state index contributed by atoms with van der Waals surface area (Å²) in [4.78, 5) is 10.6. The third-order valence-corrected chi connectivity index (χ3v) is 2.01. The quantitative estimate of drug-likeness (QED) is 0.874. The van der Waals surface area contributed by atoms with Crippen molar-refractivity contribution in [2.75, 3.05) is 6.61 Å². The first kappa shape index (κ1) is 14.3. The van der Waals surface area contributed by atoms with Gasteiger partial charge in [0.15, 0.2) is 0 Å². The highest BCUT2D eigenvalue weighted by Crippen LogP contribution is 2.36.